The first kappa shape index (κ1) is 20.7. The van der Waals surface area contributed by atoms with Gasteiger partial charge in [-0.15, -0.1) is 0 Å². The Kier molecular flexibility index (Phi) is 5.25. The lowest BCUT2D eigenvalue weighted by Gasteiger charge is -2.37. The average molecular weight is 453 g/mol. The minimum absolute atomic E-state index is 0.00405. The van der Waals surface area contributed by atoms with Gasteiger partial charge < -0.3 is 5.32 Å². The molecule has 3 aromatic rings. The van der Waals surface area contributed by atoms with Crippen LogP contribution >= 0.6 is 11.6 Å². The van der Waals surface area contributed by atoms with Crippen LogP contribution in [-0.2, 0) is 22.7 Å². The predicted octanol–water partition coefficient (Wildman–Crippen LogP) is 5.67. The minimum atomic E-state index is -4.47. The summed E-state index contributed by atoms with van der Waals surface area (Å²) in [6, 6.07) is 17.7. The van der Waals surface area contributed by atoms with Gasteiger partial charge >= 0.3 is 6.18 Å². The van der Waals surface area contributed by atoms with Crippen molar-refractivity contribution >= 4 is 27.3 Å². The number of hydrogen-bond acceptors (Lipinski definition) is 3. The largest absolute Gasteiger partial charge is 0.416 e. The number of sulfonamides is 1. The highest BCUT2D eigenvalue weighted by atomic mass is 35.5. The summed E-state index contributed by atoms with van der Waals surface area (Å²) in [5.41, 5.74) is 0.642. The molecule has 0 fully saturated rings. The van der Waals surface area contributed by atoms with Crippen molar-refractivity contribution in [2.45, 2.75) is 23.8 Å². The highest BCUT2D eigenvalue weighted by molar-refractivity contribution is 7.89. The molecule has 0 unspecified atom stereocenters. The Bertz CT molecular complexity index is 1180. The van der Waals surface area contributed by atoms with Crippen molar-refractivity contribution in [3.8, 4) is 0 Å². The van der Waals surface area contributed by atoms with Gasteiger partial charge in [0.1, 0.15) is 11.1 Å². The summed E-state index contributed by atoms with van der Waals surface area (Å²) in [4.78, 5) is 0.107. The van der Waals surface area contributed by atoms with Crippen LogP contribution in [0.15, 0.2) is 77.7 Å². The van der Waals surface area contributed by atoms with Gasteiger partial charge in [0.15, 0.2) is 0 Å². The molecule has 0 bridgehead atoms. The number of halogens is 4. The zero-order valence-corrected chi connectivity index (χ0v) is 17.0. The van der Waals surface area contributed by atoms with Crippen molar-refractivity contribution in [2.75, 3.05) is 5.32 Å². The molecule has 1 aliphatic rings. The SMILES string of the molecule is O=S1(=O)c2ccccc2N[C@H](c2ccc(C(F)(F)F)cc2)N1Cc1cccc(Cl)c1. The number of hydrogen-bond donors (Lipinski definition) is 1. The summed E-state index contributed by atoms with van der Waals surface area (Å²) < 4.78 is 66.8. The van der Waals surface area contributed by atoms with E-state index in [0.717, 1.165) is 12.1 Å². The second-order valence-electron chi connectivity index (χ2n) is 6.84. The summed E-state index contributed by atoms with van der Waals surface area (Å²) in [5.74, 6) is 0. The third kappa shape index (κ3) is 3.90. The fourth-order valence-electron chi connectivity index (χ4n) is 3.39. The Labute approximate surface area is 177 Å². The standard InChI is InChI=1S/C21H16ClF3N2O2S/c22-17-5-3-4-14(12-17)13-27-20(15-8-10-16(11-9-15)21(23,24)25)26-18-6-1-2-7-19(18)30(27,28)29/h1-12,20,26H,13H2/t20-/m0/s1. The predicted molar refractivity (Wildman–Crippen MR) is 108 cm³/mol. The number of para-hydroxylation sites is 1. The Balaban J connectivity index is 1.80. The number of alkyl halides is 3. The third-order valence-corrected chi connectivity index (χ3v) is 6.94. The van der Waals surface area contributed by atoms with Crippen molar-refractivity contribution in [3.63, 3.8) is 0 Å². The van der Waals surface area contributed by atoms with E-state index < -0.39 is 27.9 Å². The Morgan fingerprint density at radius 3 is 2.33 bits per heavy atom. The zero-order valence-electron chi connectivity index (χ0n) is 15.4. The Hall–Kier alpha value is -2.55. The van der Waals surface area contributed by atoms with Crippen LogP contribution in [0.2, 0.25) is 5.02 Å². The molecule has 1 atom stereocenters. The Morgan fingerprint density at radius 2 is 1.67 bits per heavy atom. The molecule has 1 aliphatic heterocycles. The molecule has 0 saturated heterocycles. The highest BCUT2D eigenvalue weighted by Gasteiger charge is 2.39. The molecule has 0 spiro atoms. The number of benzene rings is 3. The second-order valence-corrected chi connectivity index (χ2v) is 9.14. The normalized spacial score (nSPS) is 18.5. The molecular weight excluding hydrogens is 437 g/mol. The van der Waals surface area contributed by atoms with Gasteiger partial charge in [-0.25, -0.2) is 8.42 Å². The van der Waals surface area contributed by atoms with Gasteiger partial charge in [0, 0.05) is 11.6 Å². The van der Waals surface area contributed by atoms with Gasteiger partial charge in [0.05, 0.1) is 11.3 Å². The van der Waals surface area contributed by atoms with E-state index in [9.17, 15) is 21.6 Å². The molecule has 0 aromatic heterocycles. The molecule has 1 heterocycles. The van der Waals surface area contributed by atoms with Crippen molar-refractivity contribution < 1.29 is 21.6 Å². The molecule has 4 rings (SSSR count). The second kappa shape index (κ2) is 7.61. The molecular formula is C21H16ClF3N2O2S. The molecule has 0 amide bonds. The zero-order chi connectivity index (χ0) is 21.5. The third-order valence-electron chi connectivity index (χ3n) is 4.84. The maximum atomic E-state index is 13.4. The lowest BCUT2D eigenvalue weighted by molar-refractivity contribution is -0.137. The molecule has 30 heavy (non-hydrogen) atoms. The van der Waals surface area contributed by atoms with Crippen LogP contribution in [0.1, 0.15) is 22.9 Å². The van der Waals surface area contributed by atoms with E-state index >= 15 is 0 Å². The van der Waals surface area contributed by atoms with Crippen molar-refractivity contribution in [3.05, 3.63) is 94.5 Å². The van der Waals surface area contributed by atoms with Crippen LogP contribution in [0.25, 0.3) is 0 Å². The Morgan fingerprint density at radius 1 is 0.967 bits per heavy atom. The fourth-order valence-corrected chi connectivity index (χ4v) is 5.28. The molecule has 0 saturated carbocycles. The van der Waals surface area contributed by atoms with Crippen molar-refractivity contribution in [1.29, 1.82) is 0 Å². The van der Waals surface area contributed by atoms with Crippen LogP contribution in [0.4, 0.5) is 18.9 Å². The first-order valence-corrected chi connectivity index (χ1v) is 10.8. The fraction of sp³-hybridized carbons (Fsp3) is 0.143. The molecule has 0 radical (unpaired) electrons. The topological polar surface area (TPSA) is 49.4 Å². The molecule has 1 N–H and O–H groups in total. The van der Waals surface area contributed by atoms with E-state index in [0.29, 0.717) is 21.8 Å². The van der Waals surface area contributed by atoms with Gasteiger partial charge in [0.25, 0.3) is 0 Å². The molecule has 3 aromatic carbocycles. The first-order valence-electron chi connectivity index (χ1n) is 8.95. The molecule has 0 aliphatic carbocycles. The van der Waals surface area contributed by atoms with Crippen LogP contribution in [0.3, 0.4) is 0 Å². The van der Waals surface area contributed by atoms with Crippen LogP contribution in [0.5, 0.6) is 0 Å². The molecule has 4 nitrogen and oxygen atoms in total. The van der Waals surface area contributed by atoms with E-state index in [1.165, 1.54) is 22.5 Å². The van der Waals surface area contributed by atoms with E-state index in [4.69, 9.17) is 11.6 Å². The number of anilines is 1. The minimum Gasteiger partial charge on any atom is -0.364 e. The quantitative estimate of drug-likeness (QED) is 0.556. The van der Waals surface area contributed by atoms with Crippen LogP contribution in [-0.4, -0.2) is 12.7 Å². The van der Waals surface area contributed by atoms with Crippen molar-refractivity contribution in [1.82, 2.24) is 4.31 Å². The number of nitrogens with zero attached hydrogens (tertiary/aromatic N) is 1. The molecule has 9 heteroatoms. The summed E-state index contributed by atoms with van der Waals surface area (Å²) in [6.45, 7) is -0.00405. The number of rotatable bonds is 3. The van der Waals surface area contributed by atoms with E-state index in [1.807, 2.05) is 0 Å². The summed E-state index contributed by atoms with van der Waals surface area (Å²) in [7, 11) is -3.92. The smallest absolute Gasteiger partial charge is 0.364 e. The maximum Gasteiger partial charge on any atom is 0.416 e. The van der Waals surface area contributed by atoms with Gasteiger partial charge in [-0.2, -0.15) is 17.5 Å². The van der Waals surface area contributed by atoms with Gasteiger partial charge in [0.2, 0.25) is 10.0 Å². The van der Waals surface area contributed by atoms with E-state index in [2.05, 4.69) is 5.32 Å². The maximum absolute atomic E-state index is 13.4. The molecule has 156 valence electrons. The first-order chi connectivity index (χ1) is 14.2. The summed E-state index contributed by atoms with van der Waals surface area (Å²) >= 11 is 6.04. The van der Waals surface area contributed by atoms with Gasteiger partial charge in [-0.05, 0) is 47.5 Å². The average Bonchev–Trinajstić information content (AvgIpc) is 2.70. The summed E-state index contributed by atoms with van der Waals surface area (Å²) in [6.07, 6.45) is -5.36. The summed E-state index contributed by atoms with van der Waals surface area (Å²) in [5, 5.41) is 3.60. The van der Waals surface area contributed by atoms with Gasteiger partial charge in [-0.3, -0.25) is 0 Å². The monoisotopic (exact) mass is 452 g/mol. The van der Waals surface area contributed by atoms with Crippen molar-refractivity contribution in [2.24, 2.45) is 0 Å². The van der Waals surface area contributed by atoms with E-state index in [-0.39, 0.29) is 11.4 Å². The van der Waals surface area contributed by atoms with Gasteiger partial charge in [-0.1, -0.05) is 48.0 Å². The highest BCUT2D eigenvalue weighted by Crippen LogP contribution is 2.40. The van der Waals surface area contributed by atoms with Crippen LogP contribution < -0.4 is 5.32 Å². The number of nitrogens with one attached hydrogen (secondary N) is 1. The lowest BCUT2D eigenvalue weighted by atomic mass is 10.1. The van der Waals surface area contributed by atoms with Crippen LogP contribution in [0, 0.1) is 0 Å². The van der Waals surface area contributed by atoms with E-state index in [1.54, 1.807) is 42.5 Å². The number of fused-ring (bicyclic) bond motifs is 1. The lowest BCUT2D eigenvalue weighted by Crippen LogP contribution is -2.42.